The lowest BCUT2D eigenvalue weighted by Gasteiger charge is -2.50. The number of hydrazine groups is 1. The van der Waals surface area contributed by atoms with Crippen molar-refractivity contribution in [3.8, 4) is 28.7 Å². The first-order valence-electron chi connectivity index (χ1n) is 20.6. The minimum atomic E-state index is -1.69. The Balaban J connectivity index is 1.14. The van der Waals surface area contributed by atoms with Crippen molar-refractivity contribution in [2.24, 2.45) is 23.7 Å². The molecule has 12 nitrogen and oxygen atoms in total. The molecule has 326 valence electrons. The predicted molar refractivity (Wildman–Crippen MR) is 243 cm³/mol. The third kappa shape index (κ3) is 6.74. The van der Waals surface area contributed by atoms with Crippen molar-refractivity contribution in [2.75, 3.05) is 38.8 Å². The number of fused-ring (bicyclic) bond motifs is 4. The van der Waals surface area contributed by atoms with E-state index >= 15 is 9.59 Å². The zero-order valence-corrected chi connectivity index (χ0v) is 36.7. The summed E-state index contributed by atoms with van der Waals surface area (Å²) in [7, 11) is 6.18. The summed E-state index contributed by atoms with van der Waals surface area (Å²) in [6, 6.07) is 29.0. The molecule has 1 saturated carbocycles. The first-order chi connectivity index (χ1) is 30.9. The Morgan fingerprint density at radius 3 is 2.14 bits per heavy atom. The number of nitrogens with one attached hydrogen (secondary N) is 1. The van der Waals surface area contributed by atoms with Crippen molar-refractivity contribution < 1.29 is 43.2 Å². The molecule has 4 aliphatic rings. The van der Waals surface area contributed by atoms with Gasteiger partial charge < -0.3 is 24.1 Å². The van der Waals surface area contributed by atoms with Crippen molar-refractivity contribution >= 4 is 70.4 Å². The standard InChI is InChI=1S/C50H43Cl2N3O9/c1-61-32-17-12-29(13-18-32)50-37(47(58)55(49(50)60)53-39-22-14-30(51)25-38(39)52)26-36-34(45(50)44-40(56)6-5-7-42(44)64-4)20-21-35-43(36)48(59)54(46(35)57)31-15-9-27(10-16-31)8-11-28-24-33(62-2)19-23-41(28)63-3/h5-20,22-25,35-37,43,45,53,56H,21,26H2,1-4H3. The molecule has 4 amide bonds. The molecule has 6 atom stereocenters. The number of phenolic OH excluding ortho intramolecular Hbond substituents is 1. The van der Waals surface area contributed by atoms with Gasteiger partial charge in [0.25, 0.3) is 11.8 Å². The Morgan fingerprint density at radius 2 is 1.45 bits per heavy atom. The maximum Gasteiger partial charge on any atom is 0.260 e. The second kappa shape index (κ2) is 16.7. The van der Waals surface area contributed by atoms with Crippen LogP contribution in [0.2, 0.25) is 10.0 Å². The highest BCUT2D eigenvalue weighted by Crippen LogP contribution is 2.66. The van der Waals surface area contributed by atoms with E-state index in [-0.39, 0.29) is 46.5 Å². The molecule has 5 aromatic carbocycles. The summed E-state index contributed by atoms with van der Waals surface area (Å²) < 4.78 is 22.3. The Kier molecular flexibility index (Phi) is 11.1. The van der Waals surface area contributed by atoms with Gasteiger partial charge in [0.2, 0.25) is 11.8 Å². The topological polar surface area (TPSA) is 144 Å². The lowest BCUT2D eigenvalue weighted by molar-refractivity contribution is -0.138. The van der Waals surface area contributed by atoms with Gasteiger partial charge in [-0.3, -0.25) is 29.5 Å². The lowest BCUT2D eigenvalue weighted by Crippen LogP contribution is -2.53. The van der Waals surface area contributed by atoms with E-state index in [0.29, 0.717) is 39.1 Å². The van der Waals surface area contributed by atoms with Gasteiger partial charge in [-0.1, -0.05) is 77.3 Å². The Hall–Kier alpha value is -6.76. The number of phenols is 1. The highest BCUT2D eigenvalue weighted by molar-refractivity contribution is 6.36. The van der Waals surface area contributed by atoms with Crippen LogP contribution < -0.4 is 29.3 Å². The van der Waals surface area contributed by atoms with Gasteiger partial charge in [0.05, 0.1) is 68.0 Å². The maximum atomic E-state index is 15.6. The summed E-state index contributed by atoms with van der Waals surface area (Å²) in [5, 5.41) is 13.4. The van der Waals surface area contributed by atoms with Gasteiger partial charge in [0.15, 0.2) is 0 Å². The Bertz CT molecular complexity index is 2770. The number of methoxy groups -OCH3 is 4. The minimum Gasteiger partial charge on any atom is -0.508 e. The number of carbonyl (C=O) groups excluding carboxylic acids is 4. The summed E-state index contributed by atoms with van der Waals surface area (Å²) in [6.07, 6.45) is 5.93. The van der Waals surface area contributed by atoms with Crippen LogP contribution in [-0.4, -0.2) is 62.2 Å². The fourth-order valence-electron chi connectivity index (χ4n) is 10.3. The largest absolute Gasteiger partial charge is 0.508 e. The fourth-order valence-corrected chi connectivity index (χ4v) is 10.8. The normalized spacial score (nSPS) is 23.7. The lowest BCUT2D eigenvalue weighted by atomic mass is 9.49. The smallest absolute Gasteiger partial charge is 0.260 e. The minimum absolute atomic E-state index is 0.0346. The molecule has 0 radical (unpaired) electrons. The molecule has 3 fully saturated rings. The number of halogens is 2. The van der Waals surface area contributed by atoms with Gasteiger partial charge in [-0.25, -0.2) is 0 Å². The number of benzene rings is 5. The molecule has 0 bridgehead atoms. The van der Waals surface area contributed by atoms with E-state index in [1.165, 1.54) is 31.3 Å². The van der Waals surface area contributed by atoms with Crippen molar-refractivity contribution in [1.82, 2.24) is 5.01 Å². The van der Waals surface area contributed by atoms with Gasteiger partial charge in [0.1, 0.15) is 28.7 Å². The van der Waals surface area contributed by atoms with Crippen LogP contribution in [0.15, 0.2) is 115 Å². The Morgan fingerprint density at radius 1 is 0.734 bits per heavy atom. The average Bonchev–Trinajstić information content (AvgIpc) is 3.69. The molecular formula is C50H43Cl2N3O9. The highest BCUT2D eigenvalue weighted by atomic mass is 35.5. The molecule has 14 heteroatoms. The van der Waals surface area contributed by atoms with Crippen molar-refractivity contribution in [1.29, 1.82) is 0 Å². The Labute approximate surface area is 379 Å². The number of amides is 4. The molecule has 6 unspecified atom stereocenters. The van der Waals surface area contributed by atoms with Crippen LogP contribution in [0, 0.1) is 23.7 Å². The zero-order chi connectivity index (χ0) is 45.0. The molecule has 0 aromatic heterocycles. The first kappa shape index (κ1) is 42.5. The van der Waals surface area contributed by atoms with Crippen LogP contribution in [0.4, 0.5) is 11.4 Å². The third-order valence-corrected chi connectivity index (χ3v) is 13.7. The fraction of sp³-hybridized carbons (Fsp3) is 0.240. The van der Waals surface area contributed by atoms with Crippen LogP contribution in [0.3, 0.4) is 0 Å². The van der Waals surface area contributed by atoms with Crippen LogP contribution >= 0.6 is 23.2 Å². The SMILES string of the molecule is COc1ccc(C23C(=O)N(Nc4ccc(Cl)cc4Cl)C(=O)C2CC2C(=CCC4C(=O)N(c5ccc(C=Cc6cc(OC)ccc6OC)cc5)C(=O)C42)C3c2c(O)cccc2OC)cc1. The summed E-state index contributed by atoms with van der Waals surface area (Å²) >= 11 is 12.8. The van der Waals surface area contributed by atoms with Crippen LogP contribution in [0.1, 0.15) is 41.0 Å². The van der Waals surface area contributed by atoms with E-state index < -0.39 is 52.7 Å². The quantitative estimate of drug-likeness (QED) is 0.0749. The predicted octanol–water partition coefficient (Wildman–Crippen LogP) is 9.09. The van der Waals surface area contributed by atoms with Crippen LogP contribution in [0.25, 0.3) is 12.2 Å². The summed E-state index contributed by atoms with van der Waals surface area (Å²) in [4.78, 5) is 61.4. The number of nitrogens with zero attached hydrogens (tertiary/aromatic N) is 2. The second-order valence-electron chi connectivity index (χ2n) is 16.1. The average molecular weight is 901 g/mol. The number of imide groups is 2. The molecule has 64 heavy (non-hydrogen) atoms. The number of rotatable bonds is 11. The number of hydrogen-bond donors (Lipinski definition) is 2. The van der Waals surface area contributed by atoms with E-state index in [2.05, 4.69) is 5.43 Å². The second-order valence-corrected chi connectivity index (χ2v) is 17.0. The van der Waals surface area contributed by atoms with Gasteiger partial charge in [-0.15, -0.1) is 0 Å². The zero-order valence-electron chi connectivity index (χ0n) is 35.2. The molecule has 2 heterocycles. The number of anilines is 2. The number of ether oxygens (including phenoxy) is 4. The van der Waals surface area contributed by atoms with E-state index in [4.69, 9.17) is 42.1 Å². The number of carbonyl (C=O) groups is 4. The summed E-state index contributed by atoms with van der Waals surface area (Å²) in [5.74, 6) is -4.41. The van der Waals surface area contributed by atoms with Gasteiger partial charge in [-0.05, 0) is 103 Å². The van der Waals surface area contributed by atoms with E-state index in [1.807, 2.05) is 48.6 Å². The molecule has 2 aliphatic carbocycles. The van der Waals surface area contributed by atoms with Crippen molar-refractivity contribution in [3.05, 3.63) is 147 Å². The van der Waals surface area contributed by atoms with Gasteiger partial charge in [0, 0.05) is 22.1 Å². The van der Waals surface area contributed by atoms with Crippen LogP contribution in [0.5, 0.6) is 28.7 Å². The molecule has 5 aromatic rings. The summed E-state index contributed by atoms with van der Waals surface area (Å²) in [6.45, 7) is 0. The van der Waals surface area contributed by atoms with Crippen LogP contribution in [-0.2, 0) is 24.6 Å². The molecule has 2 aliphatic heterocycles. The van der Waals surface area contributed by atoms with E-state index in [0.717, 1.165) is 16.1 Å². The molecule has 9 rings (SSSR count). The summed E-state index contributed by atoms with van der Waals surface area (Å²) in [5.41, 5.74) is 5.00. The first-order valence-corrected chi connectivity index (χ1v) is 21.4. The monoisotopic (exact) mass is 899 g/mol. The van der Waals surface area contributed by atoms with E-state index in [1.54, 1.807) is 74.9 Å². The van der Waals surface area contributed by atoms with Crippen molar-refractivity contribution in [2.45, 2.75) is 24.2 Å². The van der Waals surface area contributed by atoms with Gasteiger partial charge in [-0.2, -0.15) is 5.01 Å². The van der Waals surface area contributed by atoms with Crippen molar-refractivity contribution in [3.63, 3.8) is 0 Å². The molecule has 2 saturated heterocycles. The number of aromatic hydroxyl groups is 1. The number of allylic oxidation sites excluding steroid dienone is 2. The maximum absolute atomic E-state index is 15.6. The van der Waals surface area contributed by atoms with E-state index in [9.17, 15) is 14.7 Å². The molecular weight excluding hydrogens is 857 g/mol. The molecule has 2 N–H and O–H groups in total. The van der Waals surface area contributed by atoms with Gasteiger partial charge >= 0.3 is 0 Å². The molecule has 0 spiro atoms. The highest BCUT2D eigenvalue weighted by Gasteiger charge is 2.71. The third-order valence-electron chi connectivity index (χ3n) is 13.2. The number of hydrogen-bond acceptors (Lipinski definition) is 10.